The van der Waals surface area contributed by atoms with E-state index in [1.807, 2.05) is 0 Å². The van der Waals surface area contributed by atoms with Gasteiger partial charge in [0.05, 0.1) is 6.61 Å². The summed E-state index contributed by atoms with van der Waals surface area (Å²) in [5.74, 6) is -4.06. The van der Waals surface area contributed by atoms with Crippen molar-refractivity contribution in [2.45, 2.75) is 26.3 Å². The molecule has 4 amide bonds. The summed E-state index contributed by atoms with van der Waals surface area (Å²) in [5, 5.41) is 36.1. The van der Waals surface area contributed by atoms with Crippen molar-refractivity contribution in [1.82, 2.24) is 15.2 Å². The number of phenols is 1. The van der Waals surface area contributed by atoms with Gasteiger partial charge in [-0.25, -0.2) is 14.1 Å². The number of carbonyl (C=O) groups excluding carboxylic acids is 3. The van der Waals surface area contributed by atoms with Crippen molar-refractivity contribution in [2.24, 2.45) is 5.92 Å². The molecule has 1 aliphatic heterocycles. The fraction of sp³-hybridized carbons (Fsp3) is 0.333. The summed E-state index contributed by atoms with van der Waals surface area (Å²) in [7, 11) is 0. The molecule has 148 valence electrons. The molecule has 0 saturated carbocycles. The first kappa shape index (κ1) is 19.4. The molecule has 2 heterocycles. The number of rotatable bonds is 5. The van der Waals surface area contributed by atoms with Crippen molar-refractivity contribution in [3.63, 3.8) is 0 Å². The molecule has 0 radical (unpaired) electrons. The summed E-state index contributed by atoms with van der Waals surface area (Å²) in [6.45, 7) is 3.12. The molecule has 28 heavy (non-hydrogen) atoms. The fourth-order valence-corrected chi connectivity index (χ4v) is 3.48. The molecule has 4 N–H and O–H groups in total. The number of phenolic OH excluding ortho intramolecular Hbond substituents is 1. The number of nitrogens with one attached hydrogen (secondary N) is 2. The second-order valence-corrected chi connectivity index (χ2v) is 6.55. The monoisotopic (exact) mass is 388 g/mol. The van der Waals surface area contributed by atoms with E-state index in [1.165, 1.54) is 24.3 Å². The van der Waals surface area contributed by atoms with Gasteiger partial charge in [-0.2, -0.15) is 0 Å². The quantitative estimate of drug-likeness (QED) is 0.310. The maximum atomic E-state index is 12.9. The predicted molar refractivity (Wildman–Crippen MR) is 95.1 cm³/mol. The minimum absolute atomic E-state index is 0.0247. The van der Waals surface area contributed by atoms with Crippen molar-refractivity contribution in [1.29, 1.82) is 0 Å². The number of carbonyl (C=O) groups is 3. The number of amides is 4. The van der Waals surface area contributed by atoms with Crippen molar-refractivity contribution < 1.29 is 29.3 Å². The van der Waals surface area contributed by atoms with E-state index in [4.69, 9.17) is 0 Å². The Balaban J connectivity index is 2.25. The molecule has 10 heteroatoms. The second-order valence-electron chi connectivity index (χ2n) is 6.55. The van der Waals surface area contributed by atoms with E-state index in [1.54, 1.807) is 18.4 Å². The molecule has 1 aromatic heterocycles. The van der Waals surface area contributed by atoms with Crippen LogP contribution in [0.25, 0.3) is 0 Å². The van der Waals surface area contributed by atoms with Crippen LogP contribution in [0.5, 0.6) is 5.75 Å². The molecule has 1 saturated heterocycles. The number of benzene rings is 1. The fourth-order valence-electron chi connectivity index (χ4n) is 3.48. The van der Waals surface area contributed by atoms with Crippen LogP contribution in [-0.4, -0.2) is 39.2 Å². The van der Waals surface area contributed by atoms with E-state index in [-0.39, 0.29) is 24.7 Å². The minimum Gasteiger partial charge on any atom is -0.711 e. The molecule has 0 unspecified atom stereocenters. The predicted octanol–water partition coefficient (Wildman–Crippen LogP) is -0.450. The molecule has 0 spiro atoms. The van der Waals surface area contributed by atoms with Crippen LogP contribution < -0.4 is 15.4 Å². The van der Waals surface area contributed by atoms with Gasteiger partial charge in [-0.15, -0.1) is 0 Å². The van der Waals surface area contributed by atoms with Gasteiger partial charge in [0.1, 0.15) is 35.5 Å². The van der Waals surface area contributed by atoms with Gasteiger partial charge < -0.3 is 15.4 Å². The first-order valence-corrected chi connectivity index (χ1v) is 8.60. The van der Waals surface area contributed by atoms with Crippen LogP contribution in [0.2, 0.25) is 0 Å². The highest BCUT2D eigenvalue weighted by molar-refractivity contribution is 6.16. The Hall–Kier alpha value is -3.40. The zero-order valence-electron chi connectivity index (χ0n) is 15.3. The molecular formula is C18H20N4O6. The lowest BCUT2D eigenvalue weighted by Gasteiger charge is -2.27. The van der Waals surface area contributed by atoms with Gasteiger partial charge in [0, 0.05) is 13.8 Å². The van der Waals surface area contributed by atoms with Gasteiger partial charge in [0.25, 0.3) is 5.82 Å². The maximum absolute atomic E-state index is 12.9. The summed E-state index contributed by atoms with van der Waals surface area (Å²) < 4.78 is 2.18. The molecule has 3 rings (SSSR count). The number of imidazole rings is 1. The number of aromatic hydroxyl groups is 1. The van der Waals surface area contributed by atoms with Crippen molar-refractivity contribution >= 4 is 17.8 Å². The lowest BCUT2D eigenvalue weighted by atomic mass is 9.83. The Labute approximate surface area is 160 Å². The first-order chi connectivity index (χ1) is 13.3. The van der Waals surface area contributed by atoms with Crippen molar-refractivity contribution in [3.05, 3.63) is 52.2 Å². The highest BCUT2D eigenvalue weighted by Crippen LogP contribution is 2.34. The molecule has 2 aromatic rings. The number of barbiturate groups is 1. The minimum atomic E-state index is -1.39. The number of urea groups is 1. The van der Waals surface area contributed by atoms with E-state index < -0.39 is 29.7 Å². The summed E-state index contributed by atoms with van der Waals surface area (Å²) in [5.41, 5.74) is 1.36. The Morgan fingerprint density at radius 1 is 1.14 bits per heavy atom. The smallest absolute Gasteiger partial charge is 0.328 e. The Morgan fingerprint density at radius 2 is 1.71 bits per heavy atom. The normalized spacial score (nSPS) is 16.0. The van der Waals surface area contributed by atoms with E-state index >= 15 is 0 Å². The van der Waals surface area contributed by atoms with Gasteiger partial charge in [0.15, 0.2) is 0 Å². The highest BCUT2D eigenvalue weighted by Gasteiger charge is 2.47. The molecule has 1 aromatic carbocycles. The van der Waals surface area contributed by atoms with Crippen LogP contribution in [0.3, 0.4) is 0 Å². The molecule has 10 nitrogen and oxygen atoms in total. The zero-order chi connectivity index (χ0) is 20.6. The Morgan fingerprint density at radius 3 is 2.25 bits per heavy atom. The van der Waals surface area contributed by atoms with Crippen LogP contribution in [0.1, 0.15) is 28.7 Å². The van der Waals surface area contributed by atoms with Crippen molar-refractivity contribution in [3.8, 4) is 5.75 Å². The van der Waals surface area contributed by atoms with Crippen LogP contribution in [-0.2, 0) is 16.1 Å². The number of imide groups is 2. The molecule has 0 bridgehead atoms. The van der Waals surface area contributed by atoms with Gasteiger partial charge in [-0.05, 0) is 17.7 Å². The number of hydrogen-bond acceptors (Lipinski definition) is 6. The molecule has 1 fully saturated rings. The number of hydrogen-bond donors (Lipinski definition) is 4. The largest absolute Gasteiger partial charge is 0.711 e. The van der Waals surface area contributed by atoms with Crippen LogP contribution >= 0.6 is 0 Å². The maximum Gasteiger partial charge on any atom is 0.328 e. The lowest BCUT2D eigenvalue weighted by Crippen LogP contribution is -2.58. The topological polar surface area (TPSA) is 148 Å². The summed E-state index contributed by atoms with van der Waals surface area (Å²) in [4.78, 5) is 36.5. The molecule has 1 aliphatic rings. The lowest BCUT2D eigenvalue weighted by molar-refractivity contribution is -0.621. The van der Waals surface area contributed by atoms with E-state index in [0.29, 0.717) is 21.7 Å². The number of aliphatic hydroxyl groups is 1. The third-order valence-corrected chi connectivity index (χ3v) is 4.94. The van der Waals surface area contributed by atoms with Gasteiger partial charge in [-0.1, -0.05) is 12.1 Å². The third kappa shape index (κ3) is 3.18. The summed E-state index contributed by atoms with van der Waals surface area (Å²) in [6, 6.07) is 4.82. The SMILES string of the molecule is Cc1c(C)[n+]([O-])c([C@H](c2ccc(O)cc2)C2C(=O)NC(=O)NC2=O)n1CCO. The standard InChI is InChI=1S/C18H20N4O6/c1-9-10(2)22(28)17(21(9)7-8-23)13(11-3-5-12(24)6-4-11)14-15(25)19-18(27)20-16(14)26/h3-6,13-14,23-24H,7-8H2,1-2H3,(H2,19,20,25,26,27)/t13-/m1/s1. The number of aliphatic hydroxyl groups excluding tert-OH is 1. The van der Waals surface area contributed by atoms with E-state index in [0.717, 1.165) is 0 Å². The summed E-state index contributed by atoms with van der Waals surface area (Å²) >= 11 is 0. The number of aromatic nitrogens is 2. The van der Waals surface area contributed by atoms with Gasteiger partial charge in [0.2, 0.25) is 11.8 Å². The molecule has 1 atom stereocenters. The molecular weight excluding hydrogens is 368 g/mol. The zero-order valence-corrected chi connectivity index (χ0v) is 15.3. The third-order valence-electron chi connectivity index (χ3n) is 4.94. The van der Waals surface area contributed by atoms with Crippen molar-refractivity contribution in [2.75, 3.05) is 6.61 Å². The van der Waals surface area contributed by atoms with Gasteiger partial charge >= 0.3 is 6.03 Å². The van der Waals surface area contributed by atoms with E-state index in [9.17, 15) is 29.8 Å². The second kappa shape index (κ2) is 7.31. The van der Waals surface area contributed by atoms with E-state index in [2.05, 4.69) is 10.6 Å². The first-order valence-electron chi connectivity index (χ1n) is 8.60. The molecule has 0 aliphatic carbocycles. The Kier molecular flexibility index (Phi) is 5.06. The van der Waals surface area contributed by atoms with Crippen LogP contribution in [0.15, 0.2) is 24.3 Å². The van der Waals surface area contributed by atoms with Gasteiger partial charge in [-0.3, -0.25) is 20.2 Å². The highest BCUT2D eigenvalue weighted by atomic mass is 16.5. The Bertz CT molecular complexity index is 930. The summed E-state index contributed by atoms with van der Waals surface area (Å²) in [6.07, 6.45) is 0. The number of nitrogens with zero attached hydrogens (tertiary/aromatic N) is 2. The average Bonchev–Trinajstić information content (AvgIpc) is 2.84. The average molecular weight is 388 g/mol. The van der Waals surface area contributed by atoms with Crippen LogP contribution in [0.4, 0.5) is 4.79 Å². The van der Waals surface area contributed by atoms with Crippen LogP contribution in [0, 0.1) is 25.0 Å².